The molecule has 1 aromatic rings. The summed E-state index contributed by atoms with van der Waals surface area (Å²) in [6.45, 7) is 0.301. The van der Waals surface area contributed by atoms with E-state index in [2.05, 4.69) is 15.9 Å². The molecular formula is C11H12BrFN2O2S. The number of nitriles is 1. The maximum atomic E-state index is 13.4. The summed E-state index contributed by atoms with van der Waals surface area (Å²) in [7, 11) is -2.42. The van der Waals surface area contributed by atoms with Gasteiger partial charge in [-0.1, -0.05) is 22.0 Å². The lowest BCUT2D eigenvalue weighted by Gasteiger charge is -2.17. The minimum Gasteiger partial charge on any atom is -0.207 e. The van der Waals surface area contributed by atoms with Crippen LogP contribution in [-0.2, 0) is 10.0 Å². The van der Waals surface area contributed by atoms with Crippen LogP contribution in [0.1, 0.15) is 12.0 Å². The standard InChI is InChI=1S/C11H12BrFN2O2S/c1-15(7-3-6-12)18(16,17)11-5-2-4-10(13)9(11)8-14/h2,4-5H,3,6-7H2,1H3. The predicted octanol–water partition coefficient (Wildman–Crippen LogP) is 2.10. The van der Waals surface area contributed by atoms with Crippen LogP contribution >= 0.6 is 15.9 Å². The molecule has 0 aliphatic heterocycles. The zero-order valence-corrected chi connectivity index (χ0v) is 12.1. The number of benzene rings is 1. The molecule has 0 N–H and O–H groups in total. The molecule has 0 unspecified atom stereocenters. The third kappa shape index (κ3) is 3.07. The van der Waals surface area contributed by atoms with E-state index in [9.17, 15) is 12.8 Å². The number of hydrogen-bond donors (Lipinski definition) is 0. The summed E-state index contributed by atoms with van der Waals surface area (Å²) in [4.78, 5) is -0.290. The molecule has 0 aliphatic carbocycles. The first-order valence-corrected chi connectivity index (χ1v) is 7.72. The van der Waals surface area contributed by atoms with Crippen molar-refractivity contribution in [2.45, 2.75) is 11.3 Å². The molecule has 0 heterocycles. The summed E-state index contributed by atoms with van der Waals surface area (Å²) in [5.74, 6) is -0.826. The van der Waals surface area contributed by atoms with E-state index in [-0.39, 0.29) is 4.90 Å². The van der Waals surface area contributed by atoms with Crippen LogP contribution < -0.4 is 0 Å². The van der Waals surface area contributed by atoms with E-state index in [1.165, 1.54) is 19.2 Å². The van der Waals surface area contributed by atoms with Crippen molar-refractivity contribution in [3.8, 4) is 6.07 Å². The zero-order valence-electron chi connectivity index (χ0n) is 9.73. The maximum Gasteiger partial charge on any atom is 0.244 e. The molecule has 4 nitrogen and oxygen atoms in total. The number of alkyl halides is 1. The molecular weight excluding hydrogens is 323 g/mol. The van der Waals surface area contributed by atoms with Crippen LogP contribution in [0.5, 0.6) is 0 Å². The number of halogens is 2. The highest BCUT2D eigenvalue weighted by Gasteiger charge is 2.25. The molecule has 0 saturated carbocycles. The van der Waals surface area contributed by atoms with Crippen LogP contribution in [0.4, 0.5) is 4.39 Å². The molecule has 0 atom stereocenters. The van der Waals surface area contributed by atoms with Crippen molar-refractivity contribution in [2.75, 3.05) is 18.9 Å². The summed E-state index contributed by atoms with van der Waals surface area (Å²) in [5, 5.41) is 9.51. The van der Waals surface area contributed by atoms with Gasteiger partial charge in [0.05, 0.1) is 0 Å². The molecule has 1 aromatic carbocycles. The molecule has 1 rings (SSSR count). The van der Waals surface area contributed by atoms with Gasteiger partial charge in [-0.25, -0.2) is 17.1 Å². The van der Waals surface area contributed by atoms with Crippen molar-refractivity contribution in [3.05, 3.63) is 29.6 Å². The van der Waals surface area contributed by atoms with Gasteiger partial charge in [-0.15, -0.1) is 0 Å². The molecule has 0 amide bonds. The largest absolute Gasteiger partial charge is 0.244 e. The summed E-state index contributed by atoms with van der Waals surface area (Å²) in [6.07, 6.45) is 0.632. The first-order chi connectivity index (χ1) is 8.45. The Hall–Kier alpha value is -0.970. The Morgan fingerprint density at radius 2 is 2.17 bits per heavy atom. The SMILES string of the molecule is CN(CCCBr)S(=O)(=O)c1cccc(F)c1C#N. The van der Waals surface area contributed by atoms with Gasteiger partial charge in [0, 0.05) is 18.9 Å². The Labute approximate surface area is 114 Å². The van der Waals surface area contributed by atoms with E-state index in [0.29, 0.717) is 18.3 Å². The van der Waals surface area contributed by atoms with Crippen LogP contribution in [0.15, 0.2) is 23.1 Å². The number of hydrogen-bond acceptors (Lipinski definition) is 3. The topological polar surface area (TPSA) is 61.2 Å². The third-order valence-corrected chi connectivity index (χ3v) is 4.84. The third-order valence-electron chi connectivity index (χ3n) is 2.38. The number of rotatable bonds is 5. The Bertz CT molecular complexity index is 569. The minimum atomic E-state index is -3.83. The maximum absolute atomic E-state index is 13.4. The van der Waals surface area contributed by atoms with Crippen LogP contribution in [-0.4, -0.2) is 31.6 Å². The quantitative estimate of drug-likeness (QED) is 0.774. The van der Waals surface area contributed by atoms with Crippen molar-refractivity contribution >= 4 is 26.0 Å². The van der Waals surface area contributed by atoms with Gasteiger partial charge in [0.15, 0.2) is 0 Å². The fraction of sp³-hybridized carbons (Fsp3) is 0.364. The van der Waals surface area contributed by atoms with Crippen LogP contribution in [0.25, 0.3) is 0 Å². The van der Waals surface area contributed by atoms with Crippen molar-refractivity contribution in [3.63, 3.8) is 0 Å². The van der Waals surface area contributed by atoms with Crippen molar-refractivity contribution in [1.29, 1.82) is 5.26 Å². The Morgan fingerprint density at radius 3 is 2.72 bits per heavy atom. The monoisotopic (exact) mass is 334 g/mol. The Kier molecular flexibility index (Phi) is 5.26. The zero-order chi connectivity index (χ0) is 13.8. The molecule has 0 fully saturated rings. The lowest BCUT2D eigenvalue weighted by atomic mass is 10.2. The van der Waals surface area contributed by atoms with E-state index in [0.717, 1.165) is 10.4 Å². The second kappa shape index (κ2) is 6.27. The Balaban J connectivity index is 3.21. The van der Waals surface area contributed by atoms with Crippen LogP contribution in [0, 0.1) is 17.1 Å². The fourth-order valence-corrected chi connectivity index (χ4v) is 3.01. The summed E-state index contributed by atoms with van der Waals surface area (Å²) < 4.78 is 38.8. The highest BCUT2D eigenvalue weighted by atomic mass is 79.9. The van der Waals surface area contributed by atoms with Crippen molar-refractivity contribution < 1.29 is 12.8 Å². The first kappa shape index (κ1) is 15.1. The average Bonchev–Trinajstić information content (AvgIpc) is 2.35. The molecule has 0 aliphatic rings. The van der Waals surface area contributed by atoms with Gasteiger partial charge < -0.3 is 0 Å². The molecule has 0 spiro atoms. The van der Waals surface area contributed by atoms with Gasteiger partial charge in [-0.05, 0) is 18.6 Å². The lowest BCUT2D eigenvalue weighted by molar-refractivity contribution is 0.469. The second-order valence-corrected chi connectivity index (χ2v) is 6.40. The van der Waals surface area contributed by atoms with E-state index >= 15 is 0 Å². The van der Waals surface area contributed by atoms with Crippen molar-refractivity contribution in [1.82, 2.24) is 4.31 Å². The smallest absolute Gasteiger partial charge is 0.207 e. The molecule has 7 heteroatoms. The summed E-state index contributed by atoms with van der Waals surface area (Å²) in [6, 6.07) is 5.17. The van der Waals surface area contributed by atoms with E-state index in [4.69, 9.17) is 5.26 Å². The van der Waals surface area contributed by atoms with Gasteiger partial charge in [-0.3, -0.25) is 0 Å². The highest BCUT2D eigenvalue weighted by molar-refractivity contribution is 9.09. The molecule has 0 bridgehead atoms. The minimum absolute atomic E-state index is 0.290. The van der Waals surface area contributed by atoms with Gasteiger partial charge >= 0.3 is 0 Å². The van der Waals surface area contributed by atoms with Crippen molar-refractivity contribution in [2.24, 2.45) is 0 Å². The van der Waals surface area contributed by atoms with Crippen LogP contribution in [0.2, 0.25) is 0 Å². The summed E-state index contributed by atoms with van der Waals surface area (Å²) in [5.41, 5.74) is -0.441. The Morgan fingerprint density at radius 1 is 1.50 bits per heavy atom. The molecule has 0 aromatic heterocycles. The van der Waals surface area contributed by atoms with Gasteiger partial charge in [0.25, 0.3) is 0 Å². The fourth-order valence-electron chi connectivity index (χ4n) is 1.40. The highest BCUT2D eigenvalue weighted by Crippen LogP contribution is 2.21. The average molecular weight is 335 g/mol. The molecule has 98 valence electrons. The lowest BCUT2D eigenvalue weighted by Crippen LogP contribution is -2.29. The van der Waals surface area contributed by atoms with Gasteiger partial charge in [-0.2, -0.15) is 5.26 Å². The number of sulfonamides is 1. The van der Waals surface area contributed by atoms with E-state index in [1.54, 1.807) is 6.07 Å². The molecule has 18 heavy (non-hydrogen) atoms. The first-order valence-electron chi connectivity index (χ1n) is 5.16. The number of nitrogens with zero attached hydrogens (tertiary/aromatic N) is 2. The van der Waals surface area contributed by atoms with E-state index in [1.807, 2.05) is 0 Å². The molecule has 0 radical (unpaired) electrons. The normalized spacial score (nSPS) is 11.5. The molecule has 0 saturated heterocycles. The van der Waals surface area contributed by atoms with Gasteiger partial charge in [0.2, 0.25) is 10.0 Å². The predicted molar refractivity (Wildman–Crippen MR) is 69.3 cm³/mol. The van der Waals surface area contributed by atoms with Crippen LogP contribution in [0.3, 0.4) is 0 Å². The summed E-state index contributed by atoms with van der Waals surface area (Å²) >= 11 is 3.21. The van der Waals surface area contributed by atoms with Gasteiger partial charge in [0.1, 0.15) is 22.3 Å². The van der Waals surface area contributed by atoms with E-state index < -0.39 is 21.4 Å². The second-order valence-electron chi connectivity index (χ2n) is 3.59.